The Kier molecular flexibility index (Phi) is 11.4. The van der Waals surface area contributed by atoms with Crippen molar-refractivity contribution in [3.63, 3.8) is 0 Å². The van der Waals surface area contributed by atoms with Crippen LogP contribution in [0, 0.1) is 6.92 Å². The van der Waals surface area contributed by atoms with Crippen molar-refractivity contribution >= 4 is 46.8 Å². The summed E-state index contributed by atoms with van der Waals surface area (Å²) in [5.74, 6) is 0.762. The Morgan fingerprint density at radius 3 is 2.31 bits per heavy atom. The molecule has 2 rings (SSSR count). The standard InChI is InChI=1S/C25H32Cl2N2O2S/c1-4-6-14-28-25(31)23(5-2)29(15-20-21(26)8-7-9-22(20)27)24(30)17-32-16-19-12-10-18(3)11-13-19/h7-13,23H,4-6,14-17H2,1-3H3,(H,28,31)/t23-/m1/s1. The van der Waals surface area contributed by atoms with Crippen LogP contribution in [0.3, 0.4) is 0 Å². The summed E-state index contributed by atoms with van der Waals surface area (Å²) in [6.07, 6.45) is 2.40. The summed E-state index contributed by atoms with van der Waals surface area (Å²) in [7, 11) is 0. The van der Waals surface area contributed by atoms with E-state index in [9.17, 15) is 9.59 Å². The Balaban J connectivity index is 2.16. The first-order valence-electron chi connectivity index (χ1n) is 11.0. The zero-order chi connectivity index (χ0) is 23.5. The van der Waals surface area contributed by atoms with Crippen molar-refractivity contribution < 1.29 is 9.59 Å². The molecule has 0 saturated heterocycles. The van der Waals surface area contributed by atoms with Crippen LogP contribution in [-0.2, 0) is 21.9 Å². The number of benzene rings is 2. The molecule has 0 heterocycles. The van der Waals surface area contributed by atoms with E-state index in [1.54, 1.807) is 23.1 Å². The van der Waals surface area contributed by atoms with Gasteiger partial charge in [-0.15, -0.1) is 11.8 Å². The van der Waals surface area contributed by atoms with Crippen molar-refractivity contribution in [2.45, 2.75) is 58.4 Å². The van der Waals surface area contributed by atoms with Crippen LogP contribution in [-0.4, -0.2) is 35.1 Å². The first-order valence-corrected chi connectivity index (χ1v) is 12.9. The maximum absolute atomic E-state index is 13.3. The fourth-order valence-corrected chi connectivity index (χ4v) is 4.69. The molecule has 0 radical (unpaired) electrons. The molecular weight excluding hydrogens is 463 g/mol. The Labute approximate surface area is 206 Å². The van der Waals surface area contributed by atoms with Crippen LogP contribution in [0.15, 0.2) is 42.5 Å². The van der Waals surface area contributed by atoms with Gasteiger partial charge in [0.05, 0.1) is 5.75 Å². The highest BCUT2D eigenvalue weighted by atomic mass is 35.5. The fraction of sp³-hybridized carbons (Fsp3) is 0.440. The van der Waals surface area contributed by atoms with Gasteiger partial charge in [-0.1, -0.05) is 79.4 Å². The topological polar surface area (TPSA) is 49.4 Å². The summed E-state index contributed by atoms with van der Waals surface area (Å²) in [5, 5.41) is 3.95. The summed E-state index contributed by atoms with van der Waals surface area (Å²) in [6.45, 7) is 6.83. The third-order valence-electron chi connectivity index (χ3n) is 5.22. The highest BCUT2D eigenvalue weighted by Crippen LogP contribution is 2.27. The number of carbonyl (C=O) groups is 2. The summed E-state index contributed by atoms with van der Waals surface area (Å²) >= 11 is 14.3. The predicted octanol–water partition coefficient (Wildman–Crippen LogP) is 6.26. The van der Waals surface area contributed by atoms with Crippen LogP contribution < -0.4 is 5.32 Å². The zero-order valence-electron chi connectivity index (χ0n) is 19.0. The first-order chi connectivity index (χ1) is 15.4. The molecule has 2 aromatic carbocycles. The molecule has 2 amide bonds. The molecule has 0 fully saturated rings. The Hall–Kier alpha value is -1.69. The van der Waals surface area contributed by atoms with Gasteiger partial charge in [0.15, 0.2) is 0 Å². The van der Waals surface area contributed by atoms with Gasteiger partial charge in [-0.2, -0.15) is 0 Å². The quantitative estimate of drug-likeness (QED) is 0.354. The maximum Gasteiger partial charge on any atom is 0.242 e. The molecule has 0 aliphatic heterocycles. The molecule has 0 aromatic heterocycles. The van der Waals surface area contributed by atoms with Crippen molar-refractivity contribution in [2.24, 2.45) is 0 Å². The summed E-state index contributed by atoms with van der Waals surface area (Å²) in [4.78, 5) is 27.8. The SMILES string of the molecule is CCCCNC(=O)[C@@H](CC)N(Cc1c(Cl)cccc1Cl)C(=O)CSCc1ccc(C)cc1. The lowest BCUT2D eigenvalue weighted by atomic mass is 10.1. The van der Waals surface area contributed by atoms with E-state index in [0.29, 0.717) is 28.6 Å². The second-order valence-electron chi connectivity index (χ2n) is 7.77. The number of hydrogen-bond donors (Lipinski definition) is 1. The molecule has 2 aromatic rings. The minimum Gasteiger partial charge on any atom is -0.354 e. The molecule has 0 spiro atoms. The lowest BCUT2D eigenvalue weighted by Gasteiger charge is -2.31. The van der Waals surface area contributed by atoms with E-state index in [-0.39, 0.29) is 24.1 Å². The number of thioether (sulfide) groups is 1. The minimum absolute atomic E-state index is 0.101. The van der Waals surface area contributed by atoms with Gasteiger partial charge in [-0.25, -0.2) is 0 Å². The lowest BCUT2D eigenvalue weighted by Crippen LogP contribution is -2.49. The van der Waals surface area contributed by atoms with Gasteiger partial charge in [0.2, 0.25) is 11.8 Å². The average molecular weight is 496 g/mol. The number of nitrogens with zero attached hydrogens (tertiary/aromatic N) is 1. The van der Waals surface area contributed by atoms with Crippen LogP contribution in [0.1, 0.15) is 49.8 Å². The largest absolute Gasteiger partial charge is 0.354 e. The van der Waals surface area contributed by atoms with Gasteiger partial charge < -0.3 is 10.2 Å². The number of amides is 2. The van der Waals surface area contributed by atoms with Gasteiger partial charge in [0.25, 0.3) is 0 Å². The van der Waals surface area contributed by atoms with E-state index < -0.39 is 6.04 Å². The third kappa shape index (κ3) is 8.02. The molecule has 0 aliphatic rings. The van der Waals surface area contributed by atoms with Crippen LogP contribution in [0.5, 0.6) is 0 Å². The van der Waals surface area contributed by atoms with Crippen LogP contribution in [0.25, 0.3) is 0 Å². The molecule has 7 heteroatoms. The number of hydrogen-bond acceptors (Lipinski definition) is 3. The van der Waals surface area contributed by atoms with E-state index >= 15 is 0 Å². The predicted molar refractivity (Wildman–Crippen MR) is 136 cm³/mol. The molecule has 1 atom stereocenters. The van der Waals surface area contributed by atoms with Crippen molar-refractivity contribution in [1.29, 1.82) is 0 Å². The molecule has 1 N–H and O–H groups in total. The number of unbranched alkanes of at least 4 members (excludes halogenated alkanes) is 1. The first kappa shape index (κ1) is 26.6. The van der Waals surface area contributed by atoms with Crippen molar-refractivity contribution in [3.8, 4) is 0 Å². The Bertz CT molecular complexity index is 870. The van der Waals surface area contributed by atoms with Gasteiger partial charge in [-0.05, 0) is 37.5 Å². The normalized spacial score (nSPS) is 11.8. The van der Waals surface area contributed by atoms with E-state index in [4.69, 9.17) is 23.2 Å². The van der Waals surface area contributed by atoms with Gasteiger partial charge in [-0.3, -0.25) is 9.59 Å². The highest BCUT2D eigenvalue weighted by molar-refractivity contribution is 7.99. The molecule has 0 aliphatic carbocycles. The average Bonchev–Trinajstić information content (AvgIpc) is 2.77. The molecule has 0 bridgehead atoms. The summed E-state index contributed by atoms with van der Waals surface area (Å²) < 4.78 is 0. The lowest BCUT2D eigenvalue weighted by molar-refractivity contribution is -0.139. The number of rotatable bonds is 12. The summed E-state index contributed by atoms with van der Waals surface area (Å²) in [6, 6.07) is 13.0. The number of halogens is 2. The van der Waals surface area contributed by atoms with Crippen molar-refractivity contribution in [1.82, 2.24) is 10.2 Å². The van der Waals surface area contributed by atoms with Crippen LogP contribution in [0.2, 0.25) is 10.0 Å². The molecule has 174 valence electrons. The van der Waals surface area contributed by atoms with Crippen LogP contribution in [0.4, 0.5) is 0 Å². The van der Waals surface area contributed by atoms with Gasteiger partial charge >= 0.3 is 0 Å². The fourth-order valence-electron chi connectivity index (χ4n) is 3.30. The van der Waals surface area contributed by atoms with Crippen LogP contribution >= 0.6 is 35.0 Å². The van der Waals surface area contributed by atoms with Crippen molar-refractivity contribution in [2.75, 3.05) is 12.3 Å². The van der Waals surface area contributed by atoms with E-state index in [1.807, 2.05) is 6.92 Å². The van der Waals surface area contributed by atoms with Gasteiger partial charge in [0.1, 0.15) is 6.04 Å². The number of nitrogens with one attached hydrogen (secondary N) is 1. The molecule has 0 saturated carbocycles. The molecule has 4 nitrogen and oxygen atoms in total. The molecular formula is C25H32Cl2N2O2S. The monoisotopic (exact) mass is 494 g/mol. The summed E-state index contributed by atoms with van der Waals surface area (Å²) in [5.41, 5.74) is 3.03. The van der Waals surface area contributed by atoms with Gasteiger partial charge in [0, 0.05) is 34.5 Å². The third-order valence-corrected chi connectivity index (χ3v) is 6.92. The van der Waals surface area contributed by atoms with E-state index in [1.165, 1.54) is 22.9 Å². The number of carbonyl (C=O) groups excluding carboxylic acids is 2. The second kappa shape index (κ2) is 13.8. The second-order valence-corrected chi connectivity index (χ2v) is 9.57. The Morgan fingerprint density at radius 1 is 1.06 bits per heavy atom. The molecule has 32 heavy (non-hydrogen) atoms. The minimum atomic E-state index is -0.577. The van der Waals surface area contributed by atoms with Crippen molar-refractivity contribution in [3.05, 3.63) is 69.2 Å². The zero-order valence-corrected chi connectivity index (χ0v) is 21.3. The smallest absolute Gasteiger partial charge is 0.242 e. The molecule has 0 unspecified atom stereocenters. The van der Waals surface area contributed by atoms with E-state index in [2.05, 4.69) is 43.4 Å². The number of aryl methyl sites for hydroxylation is 1. The van der Waals surface area contributed by atoms with E-state index in [0.717, 1.165) is 18.6 Å². The highest BCUT2D eigenvalue weighted by Gasteiger charge is 2.29. The Morgan fingerprint density at radius 2 is 1.72 bits per heavy atom. The maximum atomic E-state index is 13.3.